The number of nitrogens with one attached hydrogen (secondary N) is 1. The van der Waals surface area contributed by atoms with Crippen LogP contribution in [-0.2, 0) is 4.74 Å². The average Bonchev–Trinajstić information content (AvgIpc) is 2.83. The summed E-state index contributed by atoms with van der Waals surface area (Å²) in [5.74, 6) is 0.981. The summed E-state index contributed by atoms with van der Waals surface area (Å²) in [6.07, 6.45) is 3.73. The first-order chi connectivity index (χ1) is 9.28. The maximum absolute atomic E-state index is 5.99. The van der Waals surface area contributed by atoms with E-state index in [2.05, 4.69) is 30.4 Å². The Morgan fingerprint density at radius 1 is 1.26 bits per heavy atom. The van der Waals surface area contributed by atoms with E-state index in [0.717, 1.165) is 24.4 Å². The Balaban J connectivity index is 1.91. The van der Waals surface area contributed by atoms with Crippen LogP contribution < -0.4 is 5.32 Å². The highest BCUT2D eigenvalue weighted by Crippen LogP contribution is 2.30. The third-order valence-electron chi connectivity index (χ3n) is 3.90. The molecule has 0 radical (unpaired) electrons. The van der Waals surface area contributed by atoms with Crippen molar-refractivity contribution < 1.29 is 9.15 Å². The van der Waals surface area contributed by atoms with E-state index in [9.17, 15) is 0 Å². The van der Waals surface area contributed by atoms with Gasteiger partial charge in [-0.15, -0.1) is 0 Å². The molecule has 1 aromatic heterocycles. The second-order valence-electron chi connectivity index (χ2n) is 5.36. The van der Waals surface area contributed by atoms with Gasteiger partial charge in [-0.2, -0.15) is 0 Å². The fraction of sp³-hybridized carbons (Fsp3) is 0.500. The molecule has 1 fully saturated rings. The molecule has 0 saturated carbocycles. The Kier molecular flexibility index (Phi) is 3.58. The molecular weight excluding hydrogens is 238 g/mol. The summed E-state index contributed by atoms with van der Waals surface area (Å²) in [6.45, 7) is 2.97. The van der Waals surface area contributed by atoms with Crippen LogP contribution >= 0.6 is 0 Å². The molecule has 2 heterocycles. The van der Waals surface area contributed by atoms with Crippen molar-refractivity contribution >= 4 is 11.0 Å². The van der Waals surface area contributed by atoms with E-state index in [0.29, 0.717) is 0 Å². The fourth-order valence-electron chi connectivity index (χ4n) is 2.88. The predicted octanol–water partition coefficient (Wildman–Crippen LogP) is 3.57. The van der Waals surface area contributed by atoms with Crippen molar-refractivity contribution in [2.45, 2.75) is 38.3 Å². The van der Waals surface area contributed by atoms with E-state index in [1.54, 1.807) is 0 Å². The van der Waals surface area contributed by atoms with Crippen molar-refractivity contribution in [2.24, 2.45) is 0 Å². The lowest BCUT2D eigenvalue weighted by Gasteiger charge is -2.28. The quantitative estimate of drug-likeness (QED) is 0.915. The van der Waals surface area contributed by atoms with Crippen LogP contribution in [0.15, 0.2) is 28.7 Å². The minimum Gasteiger partial charge on any atom is -0.459 e. The molecule has 2 unspecified atom stereocenters. The minimum atomic E-state index is 0.146. The highest BCUT2D eigenvalue weighted by molar-refractivity contribution is 5.78. The predicted molar refractivity (Wildman–Crippen MR) is 76.3 cm³/mol. The molecule has 2 atom stereocenters. The van der Waals surface area contributed by atoms with Crippen molar-refractivity contribution in [3.63, 3.8) is 0 Å². The molecule has 3 rings (SSSR count). The van der Waals surface area contributed by atoms with Gasteiger partial charge >= 0.3 is 0 Å². The number of benzene rings is 1. The summed E-state index contributed by atoms with van der Waals surface area (Å²) in [4.78, 5) is 0. The van der Waals surface area contributed by atoms with E-state index in [1.807, 2.05) is 13.1 Å². The maximum atomic E-state index is 5.99. The van der Waals surface area contributed by atoms with Crippen molar-refractivity contribution in [1.82, 2.24) is 5.32 Å². The molecule has 1 aromatic carbocycles. The van der Waals surface area contributed by atoms with E-state index in [1.165, 1.54) is 23.8 Å². The summed E-state index contributed by atoms with van der Waals surface area (Å²) < 4.78 is 11.9. The summed E-state index contributed by atoms with van der Waals surface area (Å²) in [6, 6.07) is 8.58. The van der Waals surface area contributed by atoms with Crippen LogP contribution in [0.5, 0.6) is 0 Å². The first kappa shape index (κ1) is 12.7. The van der Waals surface area contributed by atoms with Gasteiger partial charge in [0.15, 0.2) is 0 Å². The minimum absolute atomic E-state index is 0.146. The number of rotatable bonds is 3. The second-order valence-corrected chi connectivity index (χ2v) is 5.36. The zero-order valence-electron chi connectivity index (χ0n) is 11.6. The van der Waals surface area contributed by atoms with Crippen LogP contribution in [0.1, 0.15) is 36.6 Å². The molecule has 1 N–H and O–H groups in total. The Hall–Kier alpha value is -1.32. The summed E-state index contributed by atoms with van der Waals surface area (Å²) in [5, 5.41) is 4.52. The third-order valence-corrected chi connectivity index (χ3v) is 3.90. The van der Waals surface area contributed by atoms with Crippen molar-refractivity contribution in [2.75, 3.05) is 13.7 Å². The van der Waals surface area contributed by atoms with Gasteiger partial charge in [-0.05, 0) is 51.4 Å². The summed E-state index contributed by atoms with van der Waals surface area (Å²) in [7, 11) is 1.97. The number of furan rings is 1. The largest absolute Gasteiger partial charge is 0.459 e. The van der Waals surface area contributed by atoms with Gasteiger partial charge in [0.1, 0.15) is 11.3 Å². The van der Waals surface area contributed by atoms with Gasteiger partial charge in [0.05, 0.1) is 12.1 Å². The number of aryl methyl sites for hydroxylation is 1. The number of ether oxygens (including phenoxy) is 1. The molecule has 102 valence electrons. The van der Waals surface area contributed by atoms with E-state index >= 15 is 0 Å². The molecular formula is C16H21NO2. The van der Waals surface area contributed by atoms with E-state index in [4.69, 9.17) is 9.15 Å². The fourth-order valence-corrected chi connectivity index (χ4v) is 2.88. The van der Waals surface area contributed by atoms with Crippen LogP contribution in [0.25, 0.3) is 11.0 Å². The molecule has 19 heavy (non-hydrogen) atoms. The third kappa shape index (κ3) is 2.53. The van der Waals surface area contributed by atoms with Crippen LogP contribution in [-0.4, -0.2) is 19.8 Å². The number of hydrogen-bond donors (Lipinski definition) is 1. The molecule has 1 aliphatic rings. The lowest BCUT2D eigenvalue weighted by molar-refractivity contribution is -0.0106. The Labute approximate surface area is 113 Å². The summed E-state index contributed by atoms with van der Waals surface area (Å²) in [5.41, 5.74) is 2.21. The number of likely N-dealkylation sites (N-methyl/N-ethyl adjacent to an activating group) is 1. The topological polar surface area (TPSA) is 34.4 Å². The molecule has 0 spiro atoms. The van der Waals surface area contributed by atoms with Gasteiger partial charge in [0.2, 0.25) is 0 Å². The molecule has 1 aliphatic heterocycles. The van der Waals surface area contributed by atoms with Crippen molar-refractivity contribution in [3.8, 4) is 0 Å². The lowest BCUT2D eigenvalue weighted by atomic mass is 10.00. The van der Waals surface area contributed by atoms with Crippen molar-refractivity contribution in [3.05, 3.63) is 35.6 Å². The van der Waals surface area contributed by atoms with Gasteiger partial charge in [-0.3, -0.25) is 0 Å². The number of hydrogen-bond acceptors (Lipinski definition) is 3. The summed E-state index contributed by atoms with van der Waals surface area (Å²) >= 11 is 0. The van der Waals surface area contributed by atoms with Gasteiger partial charge < -0.3 is 14.5 Å². The van der Waals surface area contributed by atoms with Crippen LogP contribution in [0.3, 0.4) is 0 Å². The Bertz CT molecular complexity index is 555. The molecule has 3 nitrogen and oxygen atoms in total. The average molecular weight is 259 g/mol. The lowest BCUT2D eigenvalue weighted by Crippen LogP contribution is -2.33. The van der Waals surface area contributed by atoms with E-state index < -0.39 is 0 Å². The maximum Gasteiger partial charge on any atom is 0.134 e. The second kappa shape index (κ2) is 5.35. The van der Waals surface area contributed by atoms with Crippen LogP contribution in [0.4, 0.5) is 0 Å². The highest BCUT2D eigenvalue weighted by Gasteiger charge is 2.27. The molecule has 3 heteroatoms. The number of fused-ring (bicyclic) bond motifs is 1. The standard InChI is InChI=1S/C16H21NO2/c1-11-6-7-13-12(9-11)10-15(19-13)16(17-2)14-5-3-4-8-18-14/h6-7,9-10,14,16-17H,3-5,8H2,1-2H3. The zero-order valence-corrected chi connectivity index (χ0v) is 11.6. The van der Waals surface area contributed by atoms with Gasteiger partial charge in [-0.1, -0.05) is 11.6 Å². The smallest absolute Gasteiger partial charge is 0.134 e. The monoisotopic (exact) mass is 259 g/mol. The zero-order chi connectivity index (χ0) is 13.2. The molecule has 1 saturated heterocycles. The SMILES string of the molecule is CNC(c1cc2cc(C)ccc2o1)C1CCCCO1. The van der Waals surface area contributed by atoms with Gasteiger partial charge in [-0.25, -0.2) is 0 Å². The molecule has 0 aliphatic carbocycles. The van der Waals surface area contributed by atoms with Crippen LogP contribution in [0.2, 0.25) is 0 Å². The molecule has 2 aromatic rings. The van der Waals surface area contributed by atoms with Crippen LogP contribution in [0, 0.1) is 6.92 Å². The molecule has 0 bridgehead atoms. The Morgan fingerprint density at radius 2 is 2.16 bits per heavy atom. The van der Waals surface area contributed by atoms with Gasteiger partial charge in [0.25, 0.3) is 0 Å². The van der Waals surface area contributed by atoms with Crippen molar-refractivity contribution in [1.29, 1.82) is 0 Å². The van der Waals surface area contributed by atoms with Gasteiger partial charge in [0, 0.05) is 12.0 Å². The van der Waals surface area contributed by atoms with E-state index in [-0.39, 0.29) is 12.1 Å². The molecule has 0 amide bonds. The first-order valence-corrected chi connectivity index (χ1v) is 7.07. The Morgan fingerprint density at radius 3 is 2.89 bits per heavy atom. The normalized spacial score (nSPS) is 21.7. The first-order valence-electron chi connectivity index (χ1n) is 7.07. The highest BCUT2D eigenvalue weighted by atomic mass is 16.5.